The fraction of sp³-hybridized carbons (Fsp3) is 0.188. The molecule has 2 aromatic carbocycles. The van der Waals surface area contributed by atoms with Gasteiger partial charge in [0.1, 0.15) is 5.82 Å². The van der Waals surface area contributed by atoms with E-state index in [1.54, 1.807) is 0 Å². The standard InChI is InChI=1S/C16H16BrN3O2/c17-11-4-5-14-15(7-11)20-16(19-14)10-2-1-3-12(6-10)18-8-13(22)9-21/h1-7,13,18,21-22H,8-9H2,(H,19,20). The summed E-state index contributed by atoms with van der Waals surface area (Å²) in [7, 11) is 0. The van der Waals surface area contributed by atoms with Crippen molar-refractivity contribution >= 4 is 32.7 Å². The number of halogens is 1. The lowest BCUT2D eigenvalue weighted by molar-refractivity contribution is 0.105. The molecule has 5 nitrogen and oxygen atoms in total. The number of nitrogens with zero attached hydrogens (tertiary/aromatic N) is 1. The van der Waals surface area contributed by atoms with Gasteiger partial charge in [-0.15, -0.1) is 0 Å². The third-order valence-corrected chi connectivity index (χ3v) is 3.83. The molecule has 0 fully saturated rings. The number of benzene rings is 2. The van der Waals surface area contributed by atoms with Crippen molar-refractivity contribution in [3.05, 3.63) is 46.9 Å². The molecule has 1 aromatic heterocycles. The number of imidazole rings is 1. The van der Waals surface area contributed by atoms with Crippen LogP contribution in [0.25, 0.3) is 22.4 Å². The van der Waals surface area contributed by atoms with Crippen LogP contribution in [0.5, 0.6) is 0 Å². The average Bonchev–Trinajstić information content (AvgIpc) is 2.96. The molecule has 22 heavy (non-hydrogen) atoms. The van der Waals surface area contributed by atoms with E-state index < -0.39 is 6.10 Å². The monoisotopic (exact) mass is 361 g/mol. The van der Waals surface area contributed by atoms with Crippen LogP contribution in [-0.2, 0) is 0 Å². The van der Waals surface area contributed by atoms with Crippen molar-refractivity contribution in [2.45, 2.75) is 6.10 Å². The van der Waals surface area contributed by atoms with E-state index in [1.165, 1.54) is 0 Å². The van der Waals surface area contributed by atoms with Gasteiger partial charge in [0.2, 0.25) is 0 Å². The molecular formula is C16H16BrN3O2. The topological polar surface area (TPSA) is 81.2 Å². The Morgan fingerprint density at radius 1 is 1.23 bits per heavy atom. The van der Waals surface area contributed by atoms with Crippen LogP contribution >= 0.6 is 15.9 Å². The molecule has 1 heterocycles. The minimum absolute atomic E-state index is 0.259. The SMILES string of the molecule is OCC(O)CNc1cccc(-c2nc3ccc(Br)cc3[nH]2)c1. The Kier molecular flexibility index (Phi) is 4.42. The number of H-pyrrole nitrogens is 1. The largest absolute Gasteiger partial charge is 0.394 e. The lowest BCUT2D eigenvalue weighted by atomic mass is 10.2. The molecule has 0 saturated carbocycles. The van der Waals surface area contributed by atoms with Crippen LogP contribution in [0, 0.1) is 0 Å². The molecule has 0 radical (unpaired) electrons. The molecule has 0 amide bonds. The highest BCUT2D eigenvalue weighted by Gasteiger charge is 2.07. The van der Waals surface area contributed by atoms with E-state index in [-0.39, 0.29) is 6.61 Å². The maximum Gasteiger partial charge on any atom is 0.138 e. The van der Waals surface area contributed by atoms with Crippen molar-refractivity contribution in [3.8, 4) is 11.4 Å². The number of aliphatic hydroxyl groups is 2. The lowest BCUT2D eigenvalue weighted by Gasteiger charge is -2.10. The van der Waals surface area contributed by atoms with E-state index in [0.29, 0.717) is 6.54 Å². The van der Waals surface area contributed by atoms with Crippen LogP contribution in [0.4, 0.5) is 5.69 Å². The molecule has 0 spiro atoms. The van der Waals surface area contributed by atoms with Gasteiger partial charge in [0.25, 0.3) is 0 Å². The van der Waals surface area contributed by atoms with Crippen molar-refractivity contribution in [3.63, 3.8) is 0 Å². The van der Waals surface area contributed by atoms with Gasteiger partial charge in [-0.05, 0) is 30.3 Å². The number of hydrogen-bond donors (Lipinski definition) is 4. The first-order valence-electron chi connectivity index (χ1n) is 6.94. The molecule has 3 rings (SSSR count). The Balaban J connectivity index is 1.86. The summed E-state index contributed by atoms with van der Waals surface area (Å²) in [6, 6.07) is 13.7. The summed E-state index contributed by atoms with van der Waals surface area (Å²) in [5.41, 5.74) is 3.70. The fourth-order valence-electron chi connectivity index (χ4n) is 2.20. The van der Waals surface area contributed by atoms with Gasteiger partial charge >= 0.3 is 0 Å². The molecule has 114 valence electrons. The van der Waals surface area contributed by atoms with Crippen LogP contribution in [0.3, 0.4) is 0 Å². The van der Waals surface area contributed by atoms with Crippen molar-refractivity contribution in [2.24, 2.45) is 0 Å². The molecule has 1 atom stereocenters. The van der Waals surface area contributed by atoms with Gasteiger partial charge < -0.3 is 20.5 Å². The van der Waals surface area contributed by atoms with Gasteiger partial charge in [0, 0.05) is 22.3 Å². The zero-order valence-corrected chi connectivity index (χ0v) is 13.3. The Morgan fingerprint density at radius 3 is 2.91 bits per heavy atom. The quantitative estimate of drug-likeness (QED) is 0.563. The van der Waals surface area contributed by atoms with Crippen molar-refractivity contribution in [1.29, 1.82) is 0 Å². The molecular weight excluding hydrogens is 346 g/mol. The first-order valence-corrected chi connectivity index (χ1v) is 7.73. The number of nitrogens with one attached hydrogen (secondary N) is 2. The van der Waals surface area contributed by atoms with Crippen LogP contribution in [0.2, 0.25) is 0 Å². The normalized spacial score (nSPS) is 12.5. The second-order valence-corrected chi connectivity index (χ2v) is 5.96. The summed E-state index contributed by atoms with van der Waals surface area (Å²) in [4.78, 5) is 7.88. The lowest BCUT2D eigenvalue weighted by Crippen LogP contribution is -2.22. The summed E-state index contributed by atoms with van der Waals surface area (Å²) in [5.74, 6) is 0.791. The number of fused-ring (bicyclic) bond motifs is 1. The first kappa shape index (κ1) is 15.0. The van der Waals surface area contributed by atoms with Gasteiger partial charge in [-0.1, -0.05) is 28.1 Å². The Morgan fingerprint density at radius 2 is 2.09 bits per heavy atom. The molecule has 4 N–H and O–H groups in total. The summed E-state index contributed by atoms with van der Waals surface area (Å²) in [5, 5.41) is 21.3. The summed E-state index contributed by atoms with van der Waals surface area (Å²) < 4.78 is 1.00. The van der Waals surface area contributed by atoms with E-state index in [2.05, 4.69) is 31.2 Å². The summed E-state index contributed by atoms with van der Waals surface area (Å²) in [6.45, 7) is 0.0399. The van der Waals surface area contributed by atoms with Gasteiger partial charge in [-0.2, -0.15) is 0 Å². The molecule has 0 aliphatic rings. The second-order valence-electron chi connectivity index (χ2n) is 5.04. The van der Waals surface area contributed by atoms with E-state index >= 15 is 0 Å². The summed E-state index contributed by atoms with van der Waals surface area (Å²) in [6.07, 6.45) is -0.771. The number of hydrogen-bond acceptors (Lipinski definition) is 4. The van der Waals surface area contributed by atoms with Crippen molar-refractivity contribution < 1.29 is 10.2 Å². The van der Waals surface area contributed by atoms with E-state index in [1.807, 2.05) is 42.5 Å². The molecule has 6 heteroatoms. The predicted octanol–water partition coefficient (Wildman–Crippen LogP) is 2.76. The van der Waals surface area contributed by atoms with E-state index in [0.717, 1.165) is 32.6 Å². The number of aliphatic hydroxyl groups excluding tert-OH is 2. The van der Waals surface area contributed by atoms with E-state index in [9.17, 15) is 5.11 Å². The molecule has 0 bridgehead atoms. The maximum absolute atomic E-state index is 9.39. The molecule has 0 aliphatic heterocycles. The van der Waals surface area contributed by atoms with Gasteiger partial charge in [0.05, 0.1) is 23.7 Å². The molecule has 0 saturated heterocycles. The predicted molar refractivity (Wildman–Crippen MR) is 90.8 cm³/mol. The Hall–Kier alpha value is -1.89. The smallest absolute Gasteiger partial charge is 0.138 e. The number of aromatic nitrogens is 2. The first-order chi connectivity index (χ1) is 10.7. The zero-order chi connectivity index (χ0) is 15.5. The van der Waals surface area contributed by atoms with E-state index in [4.69, 9.17) is 5.11 Å². The number of anilines is 1. The average molecular weight is 362 g/mol. The molecule has 3 aromatic rings. The Bertz CT molecular complexity index is 788. The highest BCUT2D eigenvalue weighted by molar-refractivity contribution is 9.10. The summed E-state index contributed by atoms with van der Waals surface area (Å²) >= 11 is 3.45. The van der Waals surface area contributed by atoms with Crippen LogP contribution in [-0.4, -0.2) is 39.4 Å². The third-order valence-electron chi connectivity index (χ3n) is 3.33. The highest BCUT2D eigenvalue weighted by atomic mass is 79.9. The van der Waals surface area contributed by atoms with Crippen LogP contribution in [0.1, 0.15) is 0 Å². The molecule has 0 aliphatic carbocycles. The number of rotatable bonds is 5. The van der Waals surface area contributed by atoms with Crippen LogP contribution in [0.15, 0.2) is 46.9 Å². The van der Waals surface area contributed by atoms with Gasteiger partial charge in [0.15, 0.2) is 0 Å². The fourth-order valence-corrected chi connectivity index (χ4v) is 2.56. The third kappa shape index (κ3) is 3.30. The van der Waals surface area contributed by atoms with Crippen LogP contribution < -0.4 is 5.32 Å². The number of aromatic amines is 1. The maximum atomic E-state index is 9.39. The minimum atomic E-state index is -0.771. The van der Waals surface area contributed by atoms with Crippen molar-refractivity contribution in [2.75, 3.05) is 18.5 Å². The highest BCUT2D eigenvalue weighted by Crippen LogP contribution is 2.24. The van der Waals surface area contributed by atoms with Crippen molar-refractivity contribution in [1.82, 2.24) is 9.97 Å². The van der Waals surface area contributed by atoms with Gasteiger partial charge in [-0.25, -0.2) is 4.98 Å². The van der Waals surface area contributed by atoms with Gasteiger partial charge in [-0.3, -0.25) is 0 Å². The molecule has 1 unspecified atom stereocenters. The minimum Gasteiger partial charge on any atom is -0.394 e. The second kappa shape index (κ2) is 6.48. The zero-order valence-electron chi connectivity index (χ0n) is 11.8. The Labute approximate surface area is 136 Å².